The van der Waals surface area contributed by atoms with Crippen LogP contribution >= 0.6 is 11.8 Å². The Morgan fingerprint density at radius 3 is 2.38 bits per heavy atom. The lowest BCUT2D eigenvalue weighted by Gasteiger charge is -2.33. The molecule has 45 heavy (non-hydrogen) atoms. The zero-order valence-corrected chi connectivity index (χ0v) is 27.5. The lowest BCUT2D eigenvalue weighted by molar-refractivity contribution is -0.147. The summed E-state index contributed by atoms with van der Waals surface area (Å²) >= 11 is 1.46. The summed E-state index contributed by atoms with van der Waals surface area (Å²) in [6, 6.07) is 17.8. The average molecular weight is 634 g/mol. The van der Waals surface area contributed by atoms with Crippen LogP contribution in [0, 0.1) is 13.8 Å². The molecule has 1 saturated heterocycles. The molecule has 10 heteroatoms. The van der Waals surface area contributed by atoms with Gasteiger partial charge in [-0.1, -0.05) is 42.5 Å². The molecule has 1 aliphatic rings. The number of phenols is 1. The van der Waals surface area contributed by atoms with Crippen LogP contribution in [0.4, 0.5) is 0 Å². The highest BCUT2D eigenvalue weighted by Crippen LogP contribution is 2.40. The van der Waals surface area contributed by atoms with Gasteiger partial charge in [0.1, 0.15) is 17.5 Å². The number of carbonyl (C=O) groups is 3. The fourth-order valence-corrected chi connectivity index (χ4v) is 6.57. The summed E-state index contributed by atoms with van der Waals surface area (Å²) in [5.41, 5.74) is 3.40. The van der Waals surface area contributed by atoms with Crippen LogP contribution < -0.4 is 15.4 Å². The van der Waals surface area contributed by atoms with E-state index in [4.69, 9.17) is 4.74 Å². The summed E-state index contributed by atoms with van der Waals surface area (Å²) in [7, 11) is 0. The van der Waals surface area contributed by atoms with Crippen molar-refractivity contribution >= 4 is 29.5 Å². The largest absolute Gasteiger partial charge is 0.508 e. The predicted molar refractivity (Wildman–Crippen MR) is 176 cm³/mol. The van der Waals surface area contributed by atoms with E-state index in [1.165, 1.54) is 22.7 Å². The number of aromatic hydroxyl groups is 1. The minimum Gasteiger partial charge on any atom is -0.508 e. The first kappa shape index (κ1) is 33.9. The van der Waals surface area contributed by atoms with Crippen LogP contribution in [0.3, 0.4) is 0 Å². The monoisotopic (exact) mass is 633 g/mol. The van der Waals surface area contributed by atoms with Crippen molar-refractivity contribution in [3.8, 4) is 11.5 Å². The average Bonchev–Trinajstić information content (AvgIpc) is 3.32. The van der Waals surface area contributed by atoms with Crippen molar-refractivity contribution in [1.82, 2.24) is 15.5 Å². The SMILES string of the molecule is Cc1ccccc1CNC(=O)[C@H]1N(C(=O)[C@@H](O)[C@H](Cc2ccc(OC(C)C)cc2)NC(=O)c2cccc(O)c2C)CSC1(C)C. The molecule has 240 valence electrons. The van der Waals surface area contributed by atoms with Gasteiger partial charge in [0.05, 0.1) is 18.0 Å². The van der Waals surface area contributed by atoms with Gasteiger partial charge in [0.25, 0.3) is 11.8 Å². The number of phenolic OH excluding ortho intramolecular Hbond substituents is 1. The van der Waals surface area contributed by atoms with E-state index in [9.17, 15) is 24.6 Å². The van der Waals surface area contributed by atoms with Gasteiger partial charge >= 0.3 is 0 Å². The molecule has 1 heterocycles. The van der Waals surface area contributed by atoms with Gasteiger partial charge in [-0.3, -0.25) is 14.4 Å². The molecule has 0 aliphatic carbocycles. The van der Waals surface area contributed by atoms with Gasteiger partial charge in [-0.05, 0) is 88.9 Å². The summed E-state index contributed by atoms with van der Waals surface area (Å²) in [4.78, 5) is 42.4. The number of hydrogen-bond donors (Lipinski definition) is 4. The Bertz CT molecular complexity index is 1520. The Morgan fingerprint density at radius 2 is 1.71 bits per heavy atom. The van der Waals surface area contributed by atoms with Gasteiger partial charge in [0.2, 0.25) is 5.91 Å². The van der Waals surface area contributed by atoms with Gasteiger partial charge < -0.3 is 30.5 Å². The van der Waals surface area contributed by atoms with E-state index in [0.717, 1.165) is 16.7 Å². The number of carbonyl (C=O) groups excluding carboxylic acids is 3. The summed E-state index contributed by atoms with van der Waals surface area (Å²) in [6.45, 7) is 11.6. The molecule has 0 spiro atoms. The molecular formula is C35H43N3O6S. The Hall–Kier alpha value is -4.02. The van der Waals surface area contributed by atoms with Crippen LogP contribution in [0.5, 0.6) is 11.5 Å². The molecule has 0 saturated carbocycles. The number of thioether (sulfide) groups is 1. The highest BCUT2D eigenvalue weighted by Gasteiger charge is 2.49. The standard InChI is InChI=1S/C35H43N3O6S/c1-21(2)44-26-16-14-24(15-17-26)18-28(37-32(41)27-12-9-13-29(39)23(27)4)30(40)34(43)38-20-45-35(5,6)31(38)33(42)36-19-25-11-8-7-10-22(25)3/h7-17,21,28,30-31,39-40H,18-20H2,1-6H3,(H,36,42)(H,37,41)/t28-,30-,31+/m0/s1. The van der Waals surface area contributed by atoms with E-state index in [2.05, 4.69) is 10.6 Å². The van der Waals surface area contributed by atoms with Crippen molar-refractivity contribution < 1.29 is 29.3 Å². The molecular weight excluding hydrogens is 590 g/mol. The quantitative estimate of drug-likeness (QED) is 0.245. The lowest BCUT2D eigenvalue weighted by Crippen LogP contribution is -2.58. The third-order valence-corrected chi connectivity index (χ3v) is 9.42. The normalized spacial score (nSPS) is 17.1. The van der Waals surface area contributed by atoms with Crippen LogP contribution in [0.1, 0.15) is 60.3 Å². The smallest absolute Gasteiger partial charge is 0.254 e. The van der Waals surface area contributed by atoms with Crippen molar-refractivity contribution in [2.45, 2.75) is 83.5 Å². The highest BCUT2D eigenvalue weighted by atomic mass is 32.2. The number of hydrogen-bond acceptors (Lipinski definition) is 7. The maximum atomic E-state index is 14.0. The number of nitrogens with zero attached hydrogens (tertiary/aromatic N) is 1. The fourth-order valence-electron chi connectivity index (χ4n) is 5.43. The Labute approximate surface area is 269 Å². The van der Waals surface area contributed by atoms with Crippen LogP contribution in [-0.2, 0) is 22.6 Å². The van der Waals surface area contributed by atoms with E-state index < -0.39 is 34.7 Å². The second-order valence-electron chi connectivity index (χ2n) is 12.2. The van der Waals surface area contributed by atoms with E-state index in [0.29, 0.717) is 17.9 Å². The molecule has 3 atom stereocenters. The van der Waals surface area contributed by atoms with Gasteiger partial charge in [0, 0.05) is 22.4 Å². The van der Waals surface area contributed by atoms with Gasteiger partial charge in [-0.2, -0.15) is 0 Å². The lowest BCUT2D eigenvalue weighted by atomic mass is 9.96. The number of aliphatic hydroxyl groups excluding tert-OH is 1. The topological polar surface area (TPSA) is 128 Å². The van der Waals surface area contributed by atoms with E-state index in [1.807, 2.05) is 71.0 Å². The number of aliphatic hydroxyl groups is 1. The summed E-state index contributed by atoms with van der Waals surface area (Å²) < 4.78 is 5.12. The Morgan fingerprint density at radius 1 is 1.02 bits per heavy atom. The van der Waals surface area contributed by atoms with Crippen LogP contribution in [-0.4, -0.2) is 67.7 Å². The zero-order chi connectivity index (χ0) is 32.9. The summed E-state index contributed by atoms with van der Waals surface area (Å²) in [6.07, 6.45) is -1.52. The maximum Gasteiger partial charge on any atom is 0.254 e. The van der Waals surface area contributed by atoms with Crippen molar-refractivity contribution in [2.24, 2.45) is 0 Å². The van der Waals surface area contributed by atoms with Gasteiger partial charge in [-0.25, -0.2) is 0 Å². The second-order valence-corrected chi connectivity index (χ2v) is 13.8. The number of ether oxygens (including phenoxy) is 1. The fraction of sp³-hybridized carbons (Fsp3) is 0.400. The Balaban J connectivity index is 1.58. The van der Waals surface area contributed by atoms with E-state index in [1.54, 1.807) is 31.2 Å². The number of nitrogens with one attached hydrogen (secondary N) is 2. The molecule has 3 aromatic rings. The minimum atomic E-state index is -1.65. The first-order valence-electron chi connectivity index (χ1n) is 15.1. The minimum absolute atomic E-state index is 0.00250. The van der Waals surface area contributed by atoms with Crippen molar-refractivity contribution in [3.05, 3.63) is 94.5 Å². The van der Waals surface area contributed by atoms with Crippen LogP contribution in [0.2, 0.25) is 0 Å². The number of rotatable bonds is 11. The third-order valence-electron chi connectivity index (χ3n) is 8.04. The molecule has 1 fully saturated rings. The zero-order valence-electron chi connectivity index (χ0n) is 26.7. The molecule has 3 amide bonds. The number of aryl methyl sites for hydroxylation is 1. The molecule has 0 unspecified atom stereocenters. The summed E-state index contributed by atoms with van der Waals surface area (Å²) in [5, 5.41) is 27.6. The molecule has 9 nitrogen and oxygen atoms in total. The highest BCUT2D eigenvalue weighted by molar-refractivity contribution is 8.00. The molecule has 0 radical (unpaired) electrons. The van der Waals surface area contributed by atoms with Crippen LogP contribution in [0.15, 0.2) is 66.7 Å². The van der Waals surface area contributed by atoms with E-state index >= 15 is 0 Å². The van der Waals surface area contributed by atoms with Crippen molar-refractivity contribution in [3.63, 3.8) is 0 Å². The predicted octanol–water partition coefficient (Wildman–Crippen LogP) is 4.49. The number of benzene rings is 3. The molecule has 0 bridgehead atoms. The number of amides is 3. The van der Waals surface area contributed by atoms with Gasteiger partial charge in [0.15, 0.2) is 6.10 Å². The molecule has 4 rings (SSSR count). The molecule has 4 N–H and O–H groups in total. The molecule has 1 aliphatic heterocycles. The Kier molecular flexibility index (Phi) is 10.8. The first-order valence-corrected chi connectivity index (χ1v) is 16.1. The molecule has 0 aromatic heterocycles. The summed E-state index contributed by atoms with van der Waals surface area (Å²) in [5.74, 6) is -0.653. The second kappa shape index (κ2) is 14.4. The van der Waals surface area contributed by atoms with Gasteiger partial charge in [-0.15, -0.1) is 11.8 Å². The maximum absolute atomic E-state index is 14.0. The van der Waals surface area contributed by atoms with Crippen molar-refractivity contribution in [2.75, 3.05) is 5.88 Å². The van der Waals surface area contributed by atoms with Crippen molar-refractivity contribution in [1.29, 1.82) is 0 Å². The molecule has 3 aromatic carbocycles. The third kappa shape index (κ3) is 8.18. The van der Waals surface area contributed by atoms with Crippen LogP contribution in [0.25, 0.3) is 0 Å². The van der Waals surface area contributed by atoms with E-state index in [-0.39, 0.29) is 35.6 Å². The first-order chi connectivity index (χ1) is 21.3.